The lowest BCUT2D eigenvalue weighted by molar-refractivity contribution is 0.103. The minimum Gasteiger partial charge on any atom is -0.337 e. The van der Waals surface area contributed by atoms with Crippen LogP contribution in [0.25, 0.3) is 5.70 Å². The topological polar surface area (TPSA) is 61.9 Å². The number of ketones is 1. The van der Waals surface area contributed by atoms with Crippen LogP contribution in [0.15, 0.2) is 46.3 Å². The number of carbonyl (C=O) groups excluding carboxylic acids is 1. The number of Topliss-reactive ketones (excluding diaryl/α,β-unsaturated/α-hetero) is 1. The Morgan fingerprint density at radius 3 is 2.48 bits per heavy atom. The van der Waals surface area contributed by atoms with Crippen molar-refractivity contribution in [3.63, 3.8) is 0 Å². The fourth-order valence-corrected chi connectivity index (χ4v) is 4.04. The number of thioether (sulfide) groups is 1. The number of allylic oxidation sites excluding steroid dienone is 1. The number of halogens is 2. The molecule has 2 heterocycles. The van der Waals surface area contributed by atoms with E-state index in [1.807, 2.05) is 53.8 Å². The normalized spacial score (nSPS) is 15.8. The third-order valence-corrected chi connectivity index (χ3v) is 5.47. The second kappa shape index (κ2) is 6.96. The highest BCUT2D eigenvalue weighted by molar-refractivity contribution is 8.06. The van der Waals surface area contributed by atoms with E-state index in [4.69, 9.17) is 23.2 Å². The molecule has 0 saturated heterocycles. The molecule has 0 amide bonds. The average Bonchev–Trinajstić information content (AvgIpc) is 3.09. The van der Waals surface area contributed by atoms with E-state index in [-0.39, 0.29) is 21.4 Å². The lowest BCUT2D eigenvalue weighted by atomic mass is 10.1. The summed E-state index contributed by atoms with van der Waals surface area (Å²) < 4.78 is 1.30. The molecule has 126 valence electrons. The summed E-state index contributed by atoms with van der Waals surface area (Å²) in [5.41, 5.74) is 1.92. The van der Waals surface area contributed by atoms with E-state index in [1.165, 1.54) is 16.4 Å². The van der Waals surface area contributed by atoms with Crippen molar-refractivity contribution in [1.29, 1.82) is 5.26 Å². The minimum atomic E-state index is -0.539. The van der Waals surface area contributed by atoms with Crippen LogP contribution in [0, 0.1) is 11.3 Å². The number of nitriles is 1. The summed E-state index contributed by atoms with van der Waals surface area (Å²) in [4.78, 5) is 14.7. The molecule has 0 atom stereocenters. The average molecular weight is 391 g/mol. The lowest BCUT2D eigenvalue weighted by Gasteiger charge is -2.18. The number of benzene rings is 1. The summed E-state index contributed by atoms with van der Waals surface area (Å²) in [6.07, 6.45) is 0. The lowest BCUT2D eigenvalue weighted by Crippen LogP contribution is -2.15. The zero-order valence-electron chi connectivity index (χ0n) is 13.3. The van der Waals surface area contributed by atoms with Gasteiger partial charge in [-0.25, -0.2) is 0 Å². The van der Waals surface area contributed by atoms with Crippen LogP contribution in [-0.2, 0) is 7.05 Å². The first-order valence-corrected chi connectivity index (χ1v) is 8.82. The highest BCUT2D eigenvalue weighted by Gasteiger charge is 2.30. The number of hydrogen-bond acceptors (Lipinski definition) is 5. The van der Waals surface area contributed by atoms with Crippen molar-refractivity contribution in [3.05, 3.63) is 67.8 Å². The Hall–Kier alpha value is -2.20. The van der Waals surface area contributed by atoms with E-state index < -0.39 is 5.78 Å². The number of carbonyl (C=O) groups is 1. The van der Waals surface area contributed by atoms with Gasteiger partial charge in [-0.05, 0) is 5.56 Å². The van der Waals surface area contributed by atoms with Crippen molar-refractivity contribution in [1.82, 2.24) is 14.7 Å². The van der Waals surface area contributed by atoms with Gasteiger partial charge in [-0.15, -0.1) is 0 Å². The molecule has 2 aromatic rings. The monoisotopic (exact) mass is 390 g/mol. The van der Waals surface area contributed by atoms with Gasteiger partial charge >= 0.3 is 0 Å². The molecule has 0 aliphatic carbocycles. The van der Waals surface area contributed by atoms with Crippen molar-refractivity contribution in [2.75, 3.05) is 7.05 Å². The summed E-state index contributed by atoms with van der Waals surface area (Å²) in [5, 5.41) is 16.0. The van der Waals surface area contributed by atoms with Crippen LogP contribution >= 0.6 is 35.0 Å². The van der Waals surface area contributed by atoms with Crippen molar-refractivity contribution in [2.45, 2.75) is 0 Å². The van der Waals surface area contributed by atoms with Crippen LogP contribution in [0.3, 0.4) is 0 Å². The first kappa shape index (κ1) is 17.6. The third-order valence-electron chi connectivity index (χ3n) is 3.73. The summed E-state index contributed by atoms with van der Waals surface area (Å²) in [7, 11) is 3.39. The Bertz CT molecular complexity index is 957. The van der Waals surface area contributed by atoms with E-state index in [0.29, 0.717) is 5.03 Å². The largest absolute Gasteiger partial charge is 0.337 e. The van der Waals surface area contributed by atoms with Crippen LogP contribution in [0.1, 0.15) is 15.9 Å². The SMILES string of the molecule is CN1C(c2ccccc2)=CS/C1=C(\C#N)C(=O)c1c(Cl)nn(C)c1Cl. The van der Waals surface area contributed by atoms with E-state index in [0.717, 1.165) is 11.3 Å². The highest BCUT2D eigenvalue weighted by atomic mass is 35.5. The molecule has 0 saturated carbocycles. The molecule has 1 aliphatic heterocycles. The predicted molar refractivity (Wildman–Crippen MR) is 100.0 cm³/mol. The van der Waals surface area contributed by atoms with Gasteiger partial charge in [0, 0.05) is 19.5 Å². The Morgan fingerprint density at radius 1 is 1.24 bits per heavy atom. The summed E-state index contributed by atoms with van der Waals surface area (Å²) in [6.45, 7) is 0. The predicted octanol–water partition coefficient (Wildman–Crippen LogP) is 4.32. The molecule has 0 unspecified atom stereocenters. The Kier molecular flexibility index (Phi) is 4.91. The zero-order chi connectivity index (χ0) is 18.1. The molecule has 0 N–H and O–H groups in total. The first-order valence-electron chi connectivity index (χ1n) is 7.18. The molecule has 0 spiro atoms. The molecule has 0 fully saturated rings. The second-order valence-electron chi connectivity index (χ2n) is 5.25. The molecular formula is C17H12Cl2N4OS. The molecule has 25 heavy (non-hydrogen) atoms. The van der Waals surface area contributed by atoms with Gasteiger partial charge in [0.15, 0.2) is 5.15 Å². The van der Waals surface area contributed by atoms with Crippen molar-refractivity contribution >= 4 is 46.4 Å². The molecule has 5 nitrogen and oxygen atoms in total. The van der Waals surface area contributed by atoms with Crippen LogP contribution < -0.4 is 0 Å². The number of hydrogen-bond donors (Lipinski definition) is 0. The van der Waals surface area contributed by atoms with Gasteiger partial charge in [0.05, 0.1) is 11.3 Å². The van der Waals surface area contributed by atoms with Crippen LogP contribution in [-0.4, -0.2) is 27.5 Å². The van der Waals surface area contributed by atoms with Crippen LogP contribution in [0.4, 0.5) is 0 Å². The third kappa shape index (κ3) is 3.07. The Balaban J connectivity index is 2.01. The molecule has 3 rings (SSSR count). The molecule has 1 aromatic heterocycles. The van der Waals surface area contributed by atoms with Gasteiger partial charge in [-0.1, -0.05) is 65.3 Å². The molecular weight excluding hydrogens is 379 g/mol. The van der Waals surface area contributed by atoms with Gasteiger partial charge in [0.2, 0.25) is 5.78 Å². The smallest absolute Gasteiger partial charge is 0.212 e. The van der Waals surface area contributed by atoms with E-state index >= 15 is 0 Å². The number of nitrogens with zero attached hydrogens (tertiary/aromatic N) is 4. The fraction of sp³-hybridized carbons (Fsp3) is 0.118. The standard InChI is InChI=1S/C17H12Cl2N4OS/c1-22-12(10-6-4-3-5-7-10)9-25-17(22)11(8-20)14(24)13-15(18)21-23(2)16(13)19/h3-7,9H,1-2H3/b17-11+. The van der Waals surface area contributed by atoms with Gasteiger partial charge in [0.25, 0.3) is 0 Å². The van der Waals surface area contributed by atoms with E-state index in [9.17, 15) is 10.1 Å². The Morgan fingerprint density at radius 2 is 1.92 bits per heavy atom. The van der Waals surface area contributed by atoms with E-state index in [2.05, 4.69) is 5.10 Å². The molecule has 1 aliphatic rings. The molecule has 0 radical (unpaired) electrons. The van der Waals surface area contributed by atoms with Gasteiger partial charge < -0.3 is 4.90 Å². The summed E-state index contributed by atoms with van der Waals surface area (Å²) >= 11 is 13.4. The fourth-order valence-electron chi connectivity index (χ4n) is 2.46. The summed E-state index contributed by atoms with van der Waals surface area (Å²) in [5.74, 6) is -0.539. The van der Waals surface area contributed by atoms with Crippen molar-refractivity contribution < 1.29 is 4.79 Å². The number of rotatable bonds is 3. The maximum absolute atomic E-state index is 12.8. The number of aryl methyl sites for hydroxylation is 1. The maximum Gasteiger partial charge on any atom is 0.212 e. The van der Waals surface area contributed by atoms with Crippen molar-refractivity contribution in [2.24, 2.45) is 7.05 Å². The highest BCUT2D eigenvalue weighted by Crippen LogP contribution is 2.41. The van der Waals surface area contributed by atoms with Crippen LogP contribution in [0.2, 0.25) is 10.3 Å². The Labute approximate surface area is 159 Å². The first-order chi connectivity index (χ1) is 12.0. The van der Waals surface area contributed by atoms with E-state index in [1.54, 1.807) is 7.05 Å². The number of aromatic nitrogens is 2. The zero-order valence-corrected chi connectivity index (χ0v) is 15.7. The molecule has 0 bridgehead atoms. The van der Waals surface area contributed by atoms with Gasteiger partial charge in [-0.3, -0.25) is 9.48 Å². The second-order valence-corrected chi connectivity index (χ2v) is 6.82. The van der Waals surface area contributed by atoms with Gasteiger partial charge in [0.1, 0.15) is 21.8 Å². The van der Waals surface area contributed by atoms with Gasteiger partial charge in [-0.2, -0.15) is 10.4 Å². The minimum absolute atomic E-state index is 0.0206. The summed E-state index contributed by atoms with van der Waals surface area (Å²) in [6, 6.07) is 11.7. The quantitative estimate of drug-likeness (QED) is 0.443. The van der Waals surface area contributed by atoms with Crippen LogP contribution in [0.5, 0.6) is 0 Å². The molecule has 8 heteroatoms. The maximum atomic E-state index is 12.8. The molecule has 1 aromatic carbocycles. The van der Waals surface area contributed by atoms with Crippen molar-refractivity contribution in [3.8, 4) is 6.07 Å².